The summed E-state index contributed by atoms with van der Waals surface area (Å²) in [4.78, 5) is 35.9. The molecule has 6 nitrogen and oxygen atoms in total. The monoisotopic (exact) mass is 256 g/mol. The van der Waals surface area contributed by atoms with Gasteiger partial charge in [-0.3, -0.25) is 4.79 Å². The van der Waals surface area contributed by atoms with Crippen molar-refractivity contribution in [3.05, 3.63) is 0 Å². The number of carbonyl (C=O) groups excluding carboxylic acids is 3. The van der Waals surface area contributed by atoms with Crippen LogP contribution in [0.1, 0.15) is 39.5 Å². The van der Waals surface area contributed by atoms with Crippen LogP contribution in [0.25, 0.3) is 0 Å². The summed E-state index contributed by atoms with van der Waals surface area (Å²) in [5.41, 5.74) is 0. The van der Waals surface area contributed by atoms with Crippen molar-refractivity contribution in [2.75, 3.05) is 19.7 Å². The predicted molar refractivity (Wildman–Crippen MR) is 66.8 cm³/mol. The molecule has 0 radical (unpaired) electrons. The molecule has 0 unspecified atom stereocenters. The number of rotatable bonds is 8. The molecule has 0 aromatic rings. The number of unbranched alkanes of at least 4 members (excludes halogenated alkanes) is 3. The van der Waals surface area contributed by atoms with Crippen LogP contribution in [-0.2, 0) is 19.1 Å². The minimum absolute atomic E-state index is 0.211. The Morgan fingerprint density at radius 3 is 1.67 bits per heavy atom. The molecule has 0 amide bonds. The van der Waals surface area contributed by atoms with E-state index in [1.807, 2.05) is 0 Å². The summed E-state index contributed by atoms with van der Waals surface area (Å²) in [6.07, 6.45) is 6.80. The molecule has 0 aromatic carbocycles. The number of carbonyl (C=O) groups is 1. The first-order valence-electron chi connectivity index (χ1n) is 5.89. The Morgan fingerprint density at radius 2 is 1.44 bits per heavy atom. The van der Waals surface area contributed by atoms with Gasteiger partial charge in [-0.05, 0) is 19.8 Å². The second kappa shape index (κ2) is 17.6. The van der Waals surface area contributed by atoms with E-state index in [1.165, 1.54) is 19.1 Å². The Hall–Kier alpha value is -1.77. The topological polar surface area (TPSA) is 85.2 Å². The number of esters is 1. The van der Waals surface area contributed by atoms with Crippen molar-refractivity contribution in [2.45, 2.75) is 39.5 Å². The second-order valence-electron chi connectivity index (χ2n) is 3.28. The van der Waals surface area contributed by atoms with Crippen LogP contribution in [0.15, 0.2) is 9.98 Å². The molecule has 0 saturated carbocycles. The molecule has 0 saturated heterocycles. The Balaban J connectivity index is 0. The minimum Gasteiger partial charge on any atom is -0.466 e. The molecule has 0 bridgehead atoms. The van der Waals surface area contributed by atoms with Gasteiger partial charge in [-0.1, -0.05) is 12.8 Å². The van der Waals surface area contributed by atoms with E-state index in [0.717, 1.165) is 25.7 Å². The first-order chi connectivity index (χ1) is 8.68. The molecule has 0 spiro atoms. The molecule has 0 aliphatic heterocycles. The largest absolute Gasteiger partial charge is 0.466 e. The summed E-state index contributed by atoms with van der Waals surface area (Å²) in [7, 11) is 0. The van der Waals surface area contributed by atoms with E-state index in [2.05, 4.69) is 14.7 Å². The van der Waals surface area contributed by atoms with Gasteiger partial charge in [0.25, 0.3) is 0 Å². The summed E-state index contributed by atoms with van der Waals surface area (Å²) in [5, 5.41) is 0. The molecule has 102 valence electrons. The maximum atomic E-state index is 9.82. The van der Waals surface area contributed by atoms with Crippen LogP contribution < -0.4 is 0 Å². The molecular formula is C12H20N2O4. The van der Waals surface area contributed by atoms with Gasteiger partial charge in [0.15, 0.2) is 0 Å². The first-order valence-corrected chi connectivity index (χ1v) is 5.89. The van der Waals surface area contributed by atoms with E-state index < -0.39 is 0 Å². The van der Waals surface area contributed by atoms with Crippen molar-refractivity contribution in [1.29, 1.82) is 0 Å². The predicted octanol–water partition coefficient (Wildman–Crippen LogP) is 1.79. The van der Waals surface area contributed by atoms with Gasteiger partial charge in [0, 0.05) is 6.92 Å². The quantitative estimate of drug-likeness (QED) is 0.287. The van der Waals surface area contributed by atoms with Gasteiger partial charge in [-0.2, -0.15) is 0 Å². The van der Waals surface area contributed by atoms with Gasteiger partial charge in [0.2, 0.25) is 12.2 Å². The molecule has 0 aliphatic rings. The van der Waals surface area contributed by atoms with Crippen LogP contribution >= 0.6 is 0 Å². The van der Waals surface area contributed by atoms with Gasteiger partial charge < -0.3 is 4.74 Å². The summed E-state index contributed by atoms with van der Waals surface area (Å²) in [6.45, 7) is 4.77. The smallest absolute Gasteiger partial charge is 0.302 e. The van der Waals surface area contributed by atoms with Crippen molar-refractivity contribution < 1.29 is 19.1 Å². The second-order valence-corrected chi connectivity index (χ2v) is 3.28. The number of aliphatic imine (C=N–C) groups is 2. The number of nitrogens with zero attached hydrogens (tertiary/aromatic N) is 2. The van der Waals surface area contributed by atoms with Gasteiger partial charge in [-0.25, -0.2) is 19.6 Å². The third-order valence-electron chi connectivity index (χ3n) is 1.77. The van der Waals surface area contributed by atoms with Gasteiger partial charge >= 0.3 is 5.97 Å². The van der Waals surface area contributed by atoms with E-state index in [9.17, 15) is 14.4 Å². The average molecular weight is 256 g/mol. The zero-order chi connectivity index (χ0) is 14.1. The highest BCUT2D eigenvalue weighted by Gasteiger charge is 1.87. The zero-order valence-corrected chi connectivity index (χ0v) is 11.0. The number of hydrogen-bond donors (Lipinski definition) is 0. The van der Waals surface area contributed by atoms with Crippen LogP contribution in [0.4, 0.5) is 0 Å². The molecule has 0 rings (SSSR count). The van der Waals surface area contributed by atoms with Crippen molar-refractivity contribution in [1.82, 2.24) is 0 Å². The summed E-state index contributed by atoms with van der Waals surface area (Å²) >= 11 is 0. The third-order valence-corrected chi connectivity index (χ3v) is 1.77. The number of hydrogen-bond acceptors (Lipinski definition) is 6. The molecule has 0 heterocycles. The molecule has 6 heteroatoms. The first kappa shape index (κ1) is 18.6. The summed E-state index contributed by atoms with van der Waals surface area (Å²) in [6, 6.07) is 0. The molecule has 0 N–H and O–H groups in total. The van der Waals surface area contributed by atoms with Crippen molar-refractivity contribution in [2.24, 2.45) is 9.98 Å². The standard InChI is InChI=1S/C8H12N2O2.C4H8O2/c11-7-9-5-3-1-2-4-6-10-8-12;1-3-6-4(2)5/h1-6H2;3H2,1-2H3. The summed E-state index contributed by atoms with van der Waals surface area (Å²) < 4.78 is 4.40. The maximum absolute atomic E-state index is 9.82. The Bertz CT molecular complexity index is 270. The molecule has 0 fully saturated rings. The van der Waals surface area contributed by atoms with Crippen LogP contribution in [0.5, 0.6) is 0 Å². The minimum atomic E-state index is -0.211. The average Bonchev–Trinajstić information content (AvgIpc) is 2.33. The maximum Gasteiger partial charge on any atom is 0.302 e. The van der Waals surface area contributed by atoms with Crippen LogP contribution in [0.3, 0.4) is 0 Å². The SMILES string of the molecule is CCOC(C)=O.O=C=NCCCCCCN=C=O. The Kier molecular flexibility index (Phi) is 18.2. The van der Waals surface area contributed by atoms with E-state index in [4.69, 9.17) is 0 Å². The van der Waals surface area contributed by atoms with Crippen LogP contribution in [0, 0.1) is 0 Å². The highest BCUT2D eigenvalue weighted by atomic mass is 16.5. The molecule has 18 heavy (non-hydrogen) atoms. The highest BCUT2D eigenvalue weighted by molar-refractivity contribution is 5.65. The fraction of sp³-hybridized carbons (Fsp3) is 0.750. The van der Waals surface area contributed by atoms with E-state index in [-0.39, 0.29) is 5.97 Å². The van der Waals surface area contributed by atoms with Crippen molar-refractivity contribution >= 4 is 18.1 Å². The van der Waals surface area contributed by atoms with Gasteiger partial charge in [0.1, 0.15) is 0 Å². The highest BCUT2D eigenvalue weighted by Crippen LogP contribution is 1.99. The fourth-order valence-corrected chi connectivity index (χ4v) is 1.03. The Morgan fingerprint density at radius 1 is 1.00 bits per heavy atom. The molecular weight excluding hydrogens is 236 g/mol. The van der Waals surface area contributed by atoms with E-state index in [0.29, 0.717) is 19.7 Å². The van der Waals surface area contributed by atoms with Crippen molar-refractivity contribution in [3.8, 4) is 0 Å². The number of isocyanates is 2. The lowest BCUT2D eigenvalue weighted by molar-refractivity contribution is -0.140. The van der Waals surface area contributed by atoms with Crippen molar-refractivity contribution in [3.63, 3.8) is 0 Å². The lowest BCUT2D eigenvalue weighted by atomic mass is 10.2. The number of ether oxygens (including phenoxy) is 1. The van der Waals surface area contributed by atoms with E-state index >= 15 is 0 Å². The Labute approximate surface area is 107 Å². The van der Waals surface area contributed by atoms with Gasteiger partial charge in [-0.15, -0.1) is 0 Å². The van der Waals surface area contributed by atoms with Crippen LogP contribution in [0.2, 0.25) is 0 Å². The van der Waals surface area contributed by atoms with Gasteiger partial charge in [0.05, 0.1) is 19.7 Å². The molecule has 0 aromatic heterocycles. The third kappa shape index (κ3) is 23.8. The lowest BCUT2D eigenvalue weighted by Crippen LogP contribution is -1.95. The summed E-state index contributed by atoms with van der Waals surface area (Å²) in [5.74, 6) is -0.211. The fourth-order valence-electron chi connectivity index (χ4n) is 1.03. The van der Waals surface area contributed by atoms with E-state index in [1.54, 1.807) is 6.92 Å². The molecule has 0 aliphatic carbocycles. The van der Waals surface area contributed by atoms with Crippen LogP contribution in [-0.4, -0.2) is 37.8 Å². The normalized spacial score (nSPS) is 8.11. The lowest BCUT2D eigenvalue weighted by Gasteiger charge is -1.93. The molecule has 0 atom stereocenters. The zero-order valence-electron chi connectivity index (χ0n) is 11.0.